The first kappa shape index (κ1) is 11.8. The standard InChI is InChI=1S/C11H18N6/c1-4-8-5-9(17(3)16-8)6-10(12-2)11-13-7-14-15-11/h5,7,10,12H,4,6H2,1-3H3,(H,13,14,15). The van der Waals surface area contributed by atoms with Gasteiger partial charge in [-0.2, -0.15) is 10.2 Å². The molecule has 0 saturated carbocycles. The Labute approximate surface area is 100 Å². The van der Waals surface area contributed by atoms with Crippen LogP contribution in [-0.2, 0) is 19.9 Å². The van der Waals surface area contributed by atoms with E-state index in [1.54, 1.807) is 0 Å². The number of aryl methyl sites for hydroxylation is 2. The van der Waals surface area contributed by atoms with Crippen molar-refractivity contribution in [3.05, 3.63) is 29.6 Å². The van der Waals surface area contributed by atoms with Gasteiger partial charge in [0.1, 0.15) is 12.2 Å². The van der Waals surface area contributed by atoms with Gasteiger partial charge in [-0.15, -0.1) is 0 Å². The predicted octanol–water partition coefficient (Wildman–Crippen LogP) is 0.604. The third-order valence-corrected chi connectivity index (χ3v) is 2.92. The molecule has 0 aliphatic heterocycles. The molecule has 1 atom stereocenters. The summed E-state index contributed by atoms with van der Waals surface area (Å²) < 4.78 is 1.93. The summed E-state index contributed by atoms with van der Waals surface area (Å²) in [5.74, 6) is 0.853. The van der Waals surface area contributed by atoms with Crippen LogP contribution in [0.1, 0.15) is 30.2 Å². The zero-order valence-electron chi connectivity index (χ0n) is 10.4. The first-order valence-corrected chi connectivity index (χ1v) is 5.79. The summed E-state index contributed by atoms with van der Waals surface area (Å²) in [7, 11) is 3.89. The highest BCUT2D eigenvalue weighted by Gasteiger charge is 2.15. The first-order valence-electron chi connectivity index (χ1n) is 5.79. The number of hydrogen-bond acceptors (Lipinski definition) is 4. The minimum Gasteiger partial charge on any atom is -0.310 e. The van der Waals surface area contributed by atoms with Crippen LogP contribution in [0.2, 0.25) is 0 Å². The van der Waals surface area contributed by atoms with Crippen LogP contribution in [0.5, 0.6) is 0 Å². The Balaban J connectivity index is 2.15. The molecule has 6 nitrogen and oxygen atoms in total. The Morgan fingerprint density at radius 3 is 2.88 bits per heavy atom. The highest BCUT2D eigenvalue weighted by atomic mass is 15.3. The summed E-state index contributed by atoms with van der Waals surface area (Å²) in [6.07, 6.45) is 3.33. The van der Waals surface area contributed by atoms with Crippen molar-refractivity contribution in [2.75, 3.05) is 7.05 Å². The molecule has 2 heterocycles. The molecule has 0 radical (unpaired) electrons. The molecule has 0 amide bonds. The second kappa shape index (κ2) is 5.09. The van der Waals surface area contributed by atoms with Crippen molar-refractivity contribution in [2.24, 2.45) is 7.05 Å². The normalized spacial score (nSPS) is 12.9. The lowest BCUT2D eigenvalue weighted by atomic mass is 10.1. The number of H-pyrrole nitrogens is 1. The average Bonchev–Trinajstić information content (AvgIpc) is 2.96. The zero-order valence-corrected chi connectivity index (χ0v) is 10.4. The van der Waals surface area contributed by atoms with E-state index in [4.69, 9.17) is 0 Å². The maximum Gasteiger partial charge on any atom is 0.141 e. The molecule has 2 rings (SSSR count). The van der Waals surface area contributed by atoms with Gasteiger partial charge in [-0.05, 0) is 19.5 Å². The molecule has 0 aliphatic carbocycles. The topological polar surface area (TPSA) is 71.4 Å². The molecular weight excluding hydrogens is 216 g/mol. The second-order valence-electron chi connectivity index (χ2n) is 4.02. The van der Waals surface area contributed by atoms with E-state index in [9.17, 15) is 0 Å². The van der Waals surface area contributed by atoms with Crippen molar-refractivity contribution in [1.29, 1.82) is 0 Å². The van der Waals surface area contributed by atoms with E-state index in [1.807, 2.05) is 18.8 Å². The lowest BCUT2D eigenvalue weighted by Gasteiger charge is -2.12. The third-order valence-electron chi connectivity index (χ3n) is 2.92. The van der Waals surface area contributed by atoms with Crippen LogP contribution < -0.4 is 5.32 Å². The fraction of sp³-hybridized carbons (Fsp3) is 0.545. The van der Waals surface area contributed by atoms with Gasteiger partial charge in [-0.3, -0.25) is 9.78 Å². The smallest absolute Gasteiger partial charge is 0.141 e. The third kappa shape index (κ3) is 2.52. The van der Waals surface area contributed by atoms with Crippen molar-refractivity contribution in [3.63, 3.8) is 0 Å². The number of rotatable bonds is 5. The average molecular weight is 234 g/mol. The molecule has 92 valence electrons. The number of nitrogens with one attached hydrogen (secondary N) is 2. The van der Waals surface area contributed by atoms with Crippen LogP contribution in [0.15, 0.2) is 12.4 Å². The van der Waals surface area contributed by atoms with Crippen molar-refractivity contribution in [1.82, 2.24) is 30.3 Å². The van der Waals surface area contributed by atoms with E-state index in [1.165, 1.54) is 12.0 Å². The molecule has 1 unspecified atom stereocenters. The maximum atomic E-state index is 4.44. The monoisotopic (exact) mass is 234 g/mol. The van der Waals surface area contributed by atoms with E-state index >= 15 is 0 Å². The molecule has 2 N–H and O–H groups in total. The molecular formula is C11H18N6. The van der Waals surface area contributed by atoms with E-state index in [0.717, 1.165) is 24.4 Å². The van der Waals surface area contributed by atoms with Crippen LogP contribution in [0.4, 0.5) is 0 Å². The van der Waals surface area contributed by atoms with E-state index in [0.29, 0.717) is 0 Å². The van der Waals surface area contributed by atoms with Crippen molar-refractivity contribution in [2.45, 2.75) is 25.8 Å². The molecule has 0 fully saturated rings. The molecule has 6 heteroatoms. The van der Waals surface area contributed by atoms with Gasteiger partial charge in [-0.25, -0.2) is 4.98 Å². The van der Waals surface area contributed by atoms with E-state index in [2.05, 4.69) is 38.6 Å². The Morgan fingerprint density at radius 2 is 2.35 bits per heavy atom. The van der Waals surface area contributed by atoms with Crippen molar-refractivity contribution in [3.8, 4) is 0 Å². The largest absolute Gasteiger partial charge is 0.310 e. The van der Waals surface area contributed by atoms with E-state index in [-0.39, 0.29) is 6.04 Å². The summed E-state index contributed by atoms with van der Waals surface area (Å²) in [6, 6.07) is 2.28. The minimum absolute atomic E-state index is 0.137. The van der Waals surface area contributed by atoms with Crippen molar-refractivity contribution >= 4 is 0 Å². The Hall–Kier alpha value is -1.69. The molecule has 0 saturated heterocycles. The lowest BCUT2D eigenvalue weighted by molar-refractivity contribution is 0.535. The number of likely N-dealkylation sites (N-methyl/N-ethyl adjacent to an activating group) is 1. The van der Waals surface area contributed by atoms with Crippen LogP contribution >= 0.6 is 0 Å². The molecule has 0 aromatic carbocycles. The summed E-state index contributed by atoms with van der Waals surface area (Å²) in [5, 5.41) is 14.4. The fourth-order valence-corrected chi connectivity index (χ4v) is 1.86. The summed E-state index contributed by atoms with van der Waals surface area (Å²) in [6.45, 7) is 2.11. The van der Waals surface area contributed by atoms with Gasteiger partial charge in [0.2, 0.25) is 0 Å². The number of aromatic nitrogens is 5. The molecule has 0 aliphatic rings. The molecule has 0 bridgehead atoms. The molecule has 2 aromatic rings. The Bertz CT molecular complexity index is 458. The SMILES string of the molecule is CCc1cc(CC(NC)c2ncn[nH]2)n(C)n1. The first-order chi connectivity index (χ1) is 8.24. The highest BCUT2D eigenvalue weighted by molar-refractivity contribution is 5.13. The number of hydrogen-bond donors (Lipinski definition) is 2. The predicted molar refractivity (Wildman–Crippen MR) is 64.5 cm³/mol. The fourth-order valence-electron chi connectivity index (χ4n) is 1.86. The summed E-state index contributed by atoms with van der Waals surface area (Å²) in [5.41, 5.74) is 2.31. The quantitative estimate of drug-likeness (QED) is 0.795. The maximum absolute atomic E-state index is 4.44. The van der Waals surface area contributed by atoms with Crippen LogP contribution in [0.25, 0.3) is 0 Å². The van der Waals surface area contributed by atoms with E-state index < -0.39 is 0 Å². The van der Waals surface area contributed by atoms with Crippen LogP contribution in [0, 0.1) is 0 Å². The Kier molecular flexibility index (Phi) is 3.53. The van der Waals surface area contributed by atoms with Gasteiger partial charge in [0.05, 0.1) is 11.7 Å². The Morgan fingerprint density at radius 1 is 1.53 bits per heavy atom. The second-order valence-corrected chi connectivity index (χ2v) is 4.02. The van der Waals surface area contributed by atoms with Gasteiger partial charge in [0.15, 0.2) is 0 Å². The van der Waals surface area contributed by atoms with Gasteiger partial charge in [0, 0.05) is 19.2 Å². The van der Waals surface area contributed by atoms with Gasteiger partial charge in [0.25, 0.3) is 0 Å². The minimum atomic E-state index is 0.137. The van der Waals surface area contributed by atoms with Gasteiger partial charge >= 0.3 is 0 Å². The van der Waals surface area contributed by atoms with Crippen LogP contribution in [-0.4, -0.2) is 32.0 Å². The number of aromatic amines is 1. The highest BCUT2D eigenvalue weighted by Crippen LogP contribution is 2.14. The van der Waals surface area contributed by atoms with Crippen molar-refractivity contribution < 1.29 is 0 Å². The number of nitrogens with zero attached hydrogens (tertiary/aromatic N) is 4. The lowest BCUT2D eigenvalue weighted by Crippen LogP contribution is -2.21. The molecule has 2 aromatic heterocycles. The molecule has 0 spiro atoms. The summed E-state index contributed by atoms with van der Waals surface area (Å²) in [4.78, 5) is 4.18. The zero-order chi connectivity index (χ0) is 12.3. The van der Waals surface area contributed by atoms with Gasteiger partial charge < -0.3 is 5.32 Å². The van der Waals surface area contributed by atoms with Crippen LogP contribution in [0.3, 0.4) is 0 Å². The summed E-state index contributed by atoms with van der Waals surface area (Å²) >= 11 is 0. The van der Waals surface area contributed by atoms with Gasteiger partial charge in [-0.1, -0.05) is 6.92 Å². The molecule has 17 heavy (non-hydrogen) atoms.